The van der Waals surface area contributed by atoms with Crippen molar-refractivity contribution in [2.45, 2.75) is 52.0 Å². The van der Waals surface area contributed by atoms with Crippen LogP contribution in [0.4, 0.5) is 11.6 Å². The van der Waals surface area contributed by atoms with Gasteiger partial charge in [-0.25, -0.2) is 9.97 Å². The Labute approximate surface area is 103 Å². The van der Waals surface area contributed by atoms with Crippen LogP contribution >= 0.6 is 0 Å². The van der Waals surface area contributed by atoms with Crippen molar-refractivity contribution in [3.63, 3.8) is 0 Å². The Morgan fingerprint density at radius 3 is 2.24 bits per heavy atom. The van der Waals surface area contributed by atoms with E-state index in [1.165, 1.54) is 12.8 Å². The summed E-state index contributed by atoms with van der Waals surface area (Å²) < 4.78 is 0. The molecule has 1 saturated carbocycles. The van der Waals surface area contributed by atoms with Crippen LogP contribution < -0.4 is 10.6 Å². The van der Waals surface area contributed by atoms with Crippen molar-refractivity contribution in [1.82, 2.24) is 9.97 Å². The summed E-state index contributed by atoms with van der Waals surface area (Å²) in [6, 6.07) is 0. The molecular formula is C13H22N4. The van der Waals surface area contributed by atoms with Crippen LogP contribution in [0.1, 0.15) is 50.9 Å². The Morgan fingerprint density at radius 1 is 1.18 bits per heavy atom. The van der Waals surface area contributed by atoms with Crippen molar-refractivity contribution >= 4 is 11.6 Å². The summed E-state index contributed by atoms with van der Waals surface area (Å²) in [6.45, 7) is 8.53. The van der Waals surface area contributed by atoms with Crippen molar-refractivity contribution in [2.24, 2.45) is 0 Å². The summed E-state index contributed by atoms with van der Waals surface area (Å²) in [4.78, 5) is 9.18. The summed E-state index contributed by atoms with van der Waals surface area (Å²) in [7, 11) is 1.90. The molecule has 1 aliphatic carbocycles. The van der Waals surface area contributed by atoms with Crippen molar-refractivity contribution < 1.29 is 0 Å². The van der Waals surface area contributed by atoms with Crippen LogP contribution in [-0.4, -0.2) is 22.6 Å². The van der Waals surface area contributed by atoms with E-state index in [1.54, 1.807) is 0 Å². The topological polar surface area (TPSA) is 49.8 Å². The minimum atomic E-state index is 0.248. The Hall–Kier alpha value is -1.32. The van der Waals surface area contributed by atoms with Crippen molar-refractivity contribution in [1.29, 1.82) is 0 Å². The van der Waals surface area contributed by atoms with E-state index in [0.717, 1.165) is 23.0 Å². The molecule has 0 radical (unpaired) electrons. The zero-order chi connectivity index (χ0) is 12.6. The molecule has 1 aromatic rings. The van der Waals surface area contributed by atoms with Crippen LogP contribution in [0.5, 0.6) is 0 Å². The fourth-order valence-electron chi connectivity index (χ4n) is 1.76. The van der Waals surface area contributed by atoms with Gasteiger partial charge in [0, 0.05) is 24.1 Å². The summed E-state index contributed by atoms with van der Waals surface area (Å²) in [5.41, 5.74) is 1.35. The first-order chi connectivity index (χ1) is 7.95. The van der Waals surface area contributed by atoms with Gasteiger partial charge in [-0.05, 0) is 26.7 Å². The van der Waals surface area contributed by atoms with Crippen LogP contribution in [0.25, 0.3) is 0 Å². The molecule has 0 atom stereocenters. The predicted octanol–water partition coefficient (Wildman–Crippen LogP) is 2.91. The average molecular weight is 234 g/mol. The largest absolute Gasteiger partial charge is 0.373 e. The highest BCUT2D eigenvalue weighted by molar-refractivity contribution is 5.58. The normalized spacial score (nSPS) is 17.1. The van der Waals surface area contributed by atoms with E-state index in [1.807, 2.05) is 7.05 Å². The molecule has 4 heteroatoms. The Morgan fingerprint density at radius 2 is 1.76 bits per heavy atom. The molecule has 1 aromatic heterocycles. The minimum absolute atomic E-state index is 0.248. The molecule has 4 nitrogen and oxygen atoms in total. The first kappa shape index (κ1) is 12.1. The third-order valence-corrected chi connectivity index (χ3v) is 3.34. The van der Waals surface area contributed by atoms with Crippen LogP contribution in [-0.2, 0) is 0 Å². The van der Waals surface area contributed by atoms with E-state index in [0.29, 0.717) is 5.92 Å². The van der Waals surface area contributed by atoms with E-state index in [-0.39, 0.29) is 5.54 Å². The Kier molecular flexibility index (Phi) is 2.98. The standard InChI is InChI=1S/C13H22N4/c1-8(2)10-15-11(14-5)9(3)12(16-10)17-13(4)6-7-13/h8H,6-7H2,1-5H3,(H2,14,15,16,17). The number of hydrogen-bond donors (Lipinski definition) is 2. The fourth-order valence-corrected chi connectivity index (χ4v) is 1.76. The number of nitrogens with zero attached hydrogens (tertiary/aromatic N) is 2. The van der Waals surface area contributed by atoms with Gasteiger partial charge in [0.05, 0.1) is 0 Å². The maximum Gasteiger partial charge on any atom is 0.135 e. The molecule has 0 spiro atoms. The van der Waals surface area contributed by atoms with Crippen molar-refractivity contribution in [3.8, 4) is 0 Å². The lowest BCUT2D eigenvalue weighted by atomic mass is 10.2. The summed E-state index contributed by atoms with van der Waals surface area (Å²) in [5, 5.41) is 6.69. The molecule has 2 rings (SSSR count). The van der Waals surface area contributed by atoms with Gasteiger partial charge in [-0.15, -0.1) is 0 Å². The first-order valence-electron chi connectivity index (χ1n) is 6.29. The summed E-state index contributed by atoms with van der Waals surface area (Å²) in [5.74, 6) is 3.14. The molecule has 2 N–H and O–H groups in total. The Balaban J connectivity index is 2.37. The number of hydrogen-bond acceptors (Lipinski definition) is 4. The van der Waals surface area contributed by atoms with E-state index in [9.17, 15) is 0 Å². The molecular weight excluding hydrogens is 212 g/mol. The van der Waals surface area contributed by atoms with Gasteiger partial charge in [0.1, 0.15) is 17.5 Å². The molecule has 0 bridgehead atoms. The number of rotatable bonds is 4. The van der Waals surface area contributed by atoms with Gasteiger partial charge in [-0.2, -0.15) is 0 Å². The molecule has 0 saturated heterocycles. The monoisotopic (exact) mass is 234 g/mol. The molecule has 0 aliphatic heterocycles. The highest BCUT2D eigenvalue weighted by Crippen LogP contribution is 2.39. The van der Waals surface area contributed by atoms with Gasteiger partial charge < -0.3 is 10.6 Å². The van der Waals surface area contributed by atoms with Crippen LogP contribution in [0.3, 0.4) is 0 Å². The molecule has 94 valence electrons. The second-order valence-electron chi connectivity index (χ2n) is 5.49. The first-order valence-corrected chi connectivity index (χ1v) is 6.29. The maximum atomic E-state index is 4.64. The molecule has 1 heterocycles. The number of anilines is 2. The van der Waals surface area contributed by atoms with Gasteiger partial charge in [0.15, 0.2) is 0 Å². The summed E-state index contributed by atoms with van der Waals surface area (Å²) >= 11 is 0. The van der Waals surface area contributed by atoms with Gasteiger partial charge in [-0.3, -0.25) is 0 Å². The van der Waals surface area contributed by atoms with Crippen LogP contribution in [0, 0.1) is 6.92 Å². The molecule has 1 fully saturated rings. The predicted molar refractivity (Wildman–Crippen MR) is 71.7 cm³/mol. The smallest absolute Gasteiger partial charge is 0.135 e. The fraction of sp³-hybridized carbons (Fsp3) is 0.692. The van der Waals surface area contributed by atoms with E-state index < -0.39 is 0 Å². The molecule has 17 heavy (non-hydrogen) atoms. The van der Waals surface area contributed by atoms with Crippen molar-refractivity contribution in [3.05, 3.63) is 11.4 Å². The van der Waals surface area contributed by atoms with Gasteiger partial charge >= 0.3 is 0 Å². The third-order valence-electron chi connectivity index (χ3n) is 3.34. The molecule has 0 amide bonds. The SMILES string of the molecule is CNc1nc(C(C)C)nc(NC2(C)CC2)c1C. The minimum Gasteiger partial charge on any atom is -0.373 e. The zero-order valence-electron chi connectivity index (χ0n) is 11.4. The lowest BCUT2D eigenvalue weighted by Gasteiger charge is -2.18. The highest BCUT2D eigenvalue weighted by Gasteiger charge is 2.38. The molecule has 1 aliphatic rings. The van der Waals surface area contributed by atoms with Gasteiger partial charge in [0.2, 0.25) is 0 Å². The van der Waals surface area contributed by atoms with E-state index >= 15 is 0 Å². The Bertz CT molecular complexity index is 422. The van der Waals surface area contributed by atoms with E-state index in [4.69, 9.17) is 0 Å². The van der Waals surface area contributed by atoms with Crippen LogP contribution in [0.15, 0.2) is 0 Å². The molecule has 0 aromatic carbocycles. The van der Waals surface area contributed by atoms with Crippen molar-refractivity contribution in [2.75, 3.05) is 17.7 Å². The lowest BCUT2D eigenvalue weighted by Crippen LogP contribution is -2.19. The van der Waals surface area contributed by atoms with Gasteiger partial charge in [0.25, 0.3) is 0 Å². The second kappa shape index (κ2) is 4.17. The zero-order valence-corrected chi connectivity index (χ0v) is 11.4. The van der Waals surface area contributed by atoms with E-state index in [2.05, 4.69) is 48.3 Å². The number of aromatic nitrogens is 2. The van der Waals surface area contributed by atoms with Gasteiger partial charge in [-0.1, -0.05) is 13.8 Å². The highest BCUT2D eigenvalue weighted by atomic mass is 15.1. The second-order valence-corrected chi connectivity index (χ2v) is 5.49. The third kappa shape index (κ3) is 2.51. The summed E-state index contributed by atoms with van der Waals surface area (Å²) in [6.07, 6.45) is 2.45. The lowest BCUT2D eigenvalue weighted by molar-refractivity contribution is 0.759. The van der Waals surface area contributed by atoms with Crippen LogP contribution in [0.2, 0.25) is 0 Å². The maximum absolute atomic E-state index is 4.64. The molecule has 0 unspecified atom stereocenters. The number of nitrogens with one attached hydrogen (secondary N) is 2. The average Bonchev–Trinajstić information content (AvgIpc) is 2.99. The quantitative estimate of drug-likeness (QED) is 0.841.